The van der Waals surface area contributed by atoms with Crippen LogP contribution < -0.4 is 5.32 Å². The third-order valence-electron chi connectivity index (χ3n) is 5.95. The van der Waals surface area contributed by atoms with Crippen molar-refractivity contribution in [3.63, 3.8) is 0 Å². The lowest BCUT2D eigenvalue weighted by Gasteiger charge is -2.23. The average Bonchev–Trinajstić information content (AvgIpc) is 3.43. The molecular weight excluding hydrogens is 424 g/mol. The standard InChI is InChI=1S/C21H22ClF2N7/c1-30-10-18(21(23,24)11-30)31-19(9-26-7-16(29-25)12-2-3-12)28-17-8-27-15-5-4-13(22)6-14(15)20(17)31/h4-8,12,18,25-26H,2-3,9-11H2,1H3/b16-7-,29-25?. The van der Waals surface area contributed by atoms with E-state index in [-0.39, 0.29) is 19.6 Å². The lowest BCUT2D eigenvalue weighted by atomic mass is 10.1. The number of rotatable bonds is 6. The van der Waals surface area contributed by atoms with E-state index in [1.165, 1.54) is 0 Å². The van der Waals surface area contributed by atoms with Gasteiger partial charge in [-0.1, -0.05) is 11.6 Å². The molecule has 1 aliphatic carbocycles. The van der Waals surface area contributed by atoms with Gasteiger partial charge in [-0.3, -0.25) is 9.88 Å². The van der Waals surface area contributed by atoms with Crippen LogP contribution in [0.2, 0.25) is 5.02 Å². The summed E-state index contributed by atoms with van der Waals surface area (Å²) in [6, 6.07) is 4.21. The fourth-order valence-electron chi connectivity index (χ4n) is 4.35. The Morgan fingerprint density at radius 1 is 1.39 bits per heavy atom. The largest absolute Gasteiger partial charge is 0.382 e. The van der Waals surface area contributed by atoms with Gasteiger partial charge in [-0.15, -0.1) is 0 Å². The average molecular weight is 446 g/mol. The molecule has 3 aromatic rings. The van der Waals surface area contributed by atoms with Crippen molar-refractivity contribution in [2.75, 3.05) is 20.1 Å². The second kappa shape index (κ2) is 7.49. The lowest BCUT2D eigenvalue weighted by Crippen LogP contribution is -2.31. The van der Waals surface area contributed by atoms with Gasteiger partial charge >= 0.3 is 0 Å². The SMILES string of the molecule is CN1CC(n2c(CN/C=C(\N=N)C3CC3)nc3cnc4ccc(Cl)cc4c32)C(F)(F)C1. The Kier molecular flexibility index (Phi) is 4.90. The fraction of sp³-hybridized carbons (Fsp3) is 0.429. The molecule has 1 aliphatic heterocycles. The minimum Gasteiger partial charge on any atom is -0.382 e. The van der Waals surface area contributed by atoms with Crippen LogP contribution in [0.15, 0.2) is 41.4 Å². The molecule has 5 rings (SSSR count). The maximum Gasteiger partial charge on any atom is 0.282 e. The summed E-state index contributed by atoms with van der Waals surface area (Å²) in [6.45, 7) is 0.136. The quantitative estimate of drug-likeness (QED) is 0.537. The monoisotopic (exact) mass is 445 g/mol. The van der Waals surface area contributed by atoms with Crippen molar-refractivity contribution in [1.82, 2.24) is 24.8 Å². The molecular formula is C21H22ClF2N7. The summed E-state index contributed by atoms with van der Waals surface area (Å²) >= 11 is 6.22. The van der Waals surface area contributed by atoms with Crippen molar-refractivity contribution in [3.05, 3.63) is 47.1 Å². The summed E-state index contributed by atoms with van der Waals surface area (Å²) in [7, 11) is 1.70. The Balaban J connectivity index is 1.64. The van der Waals surface area contributed by atoms with Gasteiger partial charge in [-0.05, 0) is 38.1 Å². The molecule has 0 amide bonds. The maximum absolute atomic E-state index is 15.0. The van der Waals surface area contributed by atoms with Gasteiger partial charge in [0.05, 0.1) is 36.0 Å². The van der Waals surface area contributed by atoms with Crippen LogP contribution in [0.25, 0.3) is 21.9 Å². The molecule has 2 aromatic heterocycles. The van der Waals surface area contributed by atoms with Crippen LogP contribution in [0, 0.1) is 11.4 Å². The number of nitrogens with one attached hydrogen (secondary N) is 2. The molecule has 1 saturated heterocycles. The van der Waals surface area contributed by atoms with Crippen molar-refractivity contribution < 1.29 is 8.78 Å². The van der Waals surface area contributed by atoms with E-state index in [1.54, 1.807) is 47.1 Å². The Hall–Kier alpha value is -2.65. The number of pyridine rings is 1. The van der Waals surface area contributed by atoms with Crippen LogP contribution in [0.5, 0.6) is 0 Å². The Labute approximate surface area is 182 Å². The number of benzene rings is 1. The number of likely N-dealkylation sites (tertiary alicyclic amines) is 1. The van der Waals surface area contributed by atoms with Crippen molar-refractivity contribution in [3.8, 4) is 0 Å². The van der Waals surface area contributed by atoms with Crippen molar-refractivity contribution >= 4 is 33.5 Å². The minimum atomic E-state index is -2.91. The number of imidazole rings is 1. The van der Waals surface area contributed by atoms with E-state index < -0.39 is 12.0 Å². The summed E-state index contributed by atoms with van der Waals surface area (Å²) in [5.41, 5.74) is 9.85. The highest BCUT2D eigenvalue weighted by molar-refractivity contribution is 6.31. The van der Waals surface area contributed by atoms with E-state index >= 15 is 8.78 Å². The normalized spacial score (nSPS) is 21.8. The summed E-state index contributed by atoms with van der Waals surface area (Å²) in [5.74, 6) is -2.11. The predicted octanol–water partition coefficient (Wildman–Crippen LogP) is 4.73. The van der Waals surface area contributed by atoms with Crippen LogP contribution >= 0.6 is 11.6 Å². The number of alkyl halides is 2. The molecule has 1 unspecified atom stereocenters. The number of hydrogen-bond donors (Lipinski definition) is 2. The molecule has 0 spiro atoms. The van der Waals surface area contributed by atoms with Gasteiger partial charge in [-0.2, -0.15) is 5.11 Å². The van der Waals surface area contributed by atoms with Gasteiger partial charge in [0.1, 0.15) is 17.4 Å². The molecule has 2 aliphatic rings. The number of nitrogens with zero attached hydrogens (tertiary/aromatic N) is 5. The van der Waals surface area contributed by atoms with E-state index in [9.17, 15) is 0 Å². The molecule has 1 aromatic carbocycles. The number of allylic oxidation sites excluding steroid dienone is 1. The Morgan fingerprint density at radius 3 is 2.87 bits per heavy atom. The molecule has 10 heteroatoms. The zero-order valence-corrected chi connectivity index (χ0v) is 17.7. The second-order valence-corrected chi connectivity index (χ2v) is 8.80. The highest BCUT2D eigenvalue weighted by atomic mass is 35.5. The molecule has 0 radical (unpaired) electrons. The highest BCUT2D eigenvalue weighted by Gasteiger charge is 2.49. The summed E-state index contributed by atoms with van der Waals surface area (Å²) < 4.78 is 31.7. The van der Waals surface area contributed by atoms with Crippen molar-refractivity contribution in [1.29, 1.82) is 5.53 Å². The van der Waals surface area contributed by atoms with Crippen LogP contribution in [-0.4, -0.2) is 45.5 Å². The topological polar surface area (TPSA) is 82.2 Å². The van der Waals surface area contributed by atoms with Gasteiger partial charge < -0.3 is 9.88 Å². The molecule has 2 N–H and O–H groups in total. The number of fused-ring (bicyclic) bond motifs is 3. The zero-order valence-electron chi connectivity index (χ0n) is 16.9. The molecule has 3 heterocycles. The first-order valence-electron chi connectivity index (χ1n) is 10.2. The van der Waals surface area contributed by atoms with Gasteiger partial charge in [0.2, 0.25) is 0 Å². The third-order valence-corrected chi connectivity index (χ3v) is 6.19. The van der Waals surface area contributed by atoms with Crippen LogP contribution in [-0.2, 0) is 6.54 Å². The Morgan fingerprint density at radius 2 is 2.19 bits per heavy atom. The Bertz CT molecular complexity index is 1200. The van der Waals surface area contributed by atoms with E-state index in [4.69, 9.17) is 17.1 Å². The first-order chi connectivity index (χ1) is 14.9. The predicted molar refractivity (Wildman–Crippen MR) is 114 cm³/mol. The molecule has 0 bridgehead atoms. The lowest BCUT2D eigenvalue weighted by molar-refractivity contribution is -0.0201. The minimum absolute atomic E-state index is 0.209. The highest BCUT2D eigenvalue weighted by Crippen LogP contribution is 2.40. The molecule has 7 nitrogen and oxygen atoms in total. The van der Waals surface area contributed by atoms with Gasteiger partial charge in [0, 0.05) is 29.1 Å². The van der Waals surface area contributed by atoms with E-state index in [0.717, 1.165) is 12.8 Å². The summed E-state index contributed by atoms with van der Waals surface area (Å²) in [5, 5.41) is 7.92. The van der Waals surface area contributed by atoms with E-state index in [0.29, 0.717) is 44.4 Å². The van der Waals surface area contributed by atoms with E-state index in [2.05, 4.69) is 20.4 Å². The molecule has 1 saturated carbocycles. The third kappa shape index (κ3) is 3.65. The zero-order chi connectivity index (χ0) is 21.8. The first kappa shape index (κ1) is 20.3. The molecule has 2 fully saturated rings. The number of likely N-dealkylation sites (N-methyl/N-ethyl adjacent to an activating group) is 1. The van der Waals surface area contributed by atoms with Gasteiger partial charge in [0.15, 0.2) is 0 Å². The smallest absolute Gasteiger partial charge is 0.282 e. The summed E-state index contributed by atoms with van der Waals surface area (Å²) in [4.78, 5) is 10.7. The maximum atomic E-state index is 15.0. The second-order valence-electron chi connectivity index (χ2n) is 8.36. The number of aromatic nitrogens is 3. The number of hydrogen-bond acceptors (Lipinski definition) is 6. The fourth-order valence-corrected chi connectivity index (χ4v) is 4.53. The molecule has 31 heavy (non-hydrogen) atoms. The molecule has 1 atom stereocenters. The first-order valence-corrected chi connectivity index (χ1v) is 10.6. The van der Waals surface area contributed by atoms with Crippen molar-refractivity contribution in [2.45, 2.75) is 31.4 Å². The van der Waals surface area contributed by atoms with Crippen LogP contribution in [0.1, 0.15) is 24.7 Å². The van der Waals surface area contributed by atoms with Gasteiger partial charge in [0.25, 0.3) is 5.92 Å². The van der Waals surface area contributed by atoms with Gasteiger partial charge in [-0.25, -0.2) is 19.3 Å². The van der Waals surface area contributed by atoms with E-state index in [1.807, 2.05) is 0 Å². The number of halogens is 3. The van der Waals surface area contributed by atoms with Crippen LogP contribution in [0.3, 0.4) is 0 Å². The summed E-state index contributed by atoms with van der Waals surface area (Å²) in [6.07, 6.45) is 5.36. The molecule has 162 valence electrons. The van der Waals surface area contributed by atoms with Crippen LogP contribution in [0.4, 0.5) is 8.78 Å². The van der Waals surface area contributed by atoms with Crippen molar-refractivity contribution in [2.24, 2.45) is 11.0 Å².